The molecule has 1 saturated carbocycles. The van der Waals surface area contributed by atoms with Gasteiger partial charge < -0.3 is 14.4 Å². The van der Waals surface area contributed by atoms with Crippen LogP contribution in [0.2, 0.25) is 0 Å². The number of hydrogen-bond donors (Lipinski definition) is 1. The molecule has 2 heterocycles. The molecule has 1 aromatic heterocycles. The Balaban J connectivity index is 1.38. The van der Waals surface area contributed by atoms with Gasteiger partial charge in [-0.1, -0.05) is 24.3 Å². The minimum atomic E-state index is -0.439. The fraction of sp³-hybridized carbons (Fsp3) is 0.565. The highest BCUT2D eigenvalue weighted by Gasteiger charge is 2.35. The molecule has 2 unspecified atom stereocenters. The van der Waals surface area contributed by atoms with E-state index in [9.17, 15) is 9.90 Å². The molecule has 28 heavy (non-hydrogen) atoms. The highest BCUT2D eigenvalue weighted by molar-refractivity contribution is 5.73. The van der Waals surface area contributed by atoms with E-state index in [1.54, 1.807) is 0 Å². The number of carbonyl (C=O) groups is 1. The molecule has 2 atom stereocenters. The molecule has 5 nitrogen and oxygen atoms in total. The van der Waals surface area contributed by atoms with Crippen LogP contribution in [-0.2, 0) is 9.53 Å². The second-order valence-electron chi connectivity index (χ2n) is 9.24. The monoisotopic (exact) mass is 382 g/mol. The van der Waals surface area contributed by atoms with Gasteiger partial charge in [0, 0.05) is 5.56 Å². The number of imidazole rings is 1. The van der Waals surface area contributed by atoms with Gasteiger partial charge in [-0.2, -0.15) is 0 Å². The zero-order valence-electron chi connectivity index (χ0n) is 17.0. The van der Waals surface area contributed by atoms with Crippen LogP contribution >= 0.6 is 0 Å². The third kappa shape index (κ3) is 3.72. The summed E-state index contributed by atoms with van der Waals surface area (Å²) in [4.78, 5) is 16.6. The van der Waals surface area contributed by atoms with Crippen LogP contribution in [0.25, 0.3) is 11.3 Å². The van der Waals surface area contributed by atoms with Crippen LogP contribution < -0.4 is 0 Å². The molecule has 0 amide bonds. The molecule has 5 heteroatoms. The molecule has 1 N–H and O–H groups in total. The van der Waals surface area contributed by atoms with Gasteiger partial charge >= 0.3 is 5.97 Å². The topological polar surface area (TPSA) is 64.3 Å². The van der Waals surface area contributed by atoms with E-state index in [1.807, 2.05) is 39.4 Å². The van der Waals surface area contributed by atoms with E-state index in [-0.39, 0.29) is 30.0 Å². The average Bonchev–Trinajstić information content (AvgIpc) is 3.23. The summed E-state index contributed by atoms with van der Waals surface area (Å²) < 4.78 is 7.72. The minimum Gasteiger partial charge on any atom is -0.460 e. The first-order valence-corrected chi connectivity index (χ1v) is 10.4. The maximum absolute atomic E-state index is 12.3. The van der Waals surface area contributed by atoms with Crippen molar-refractivity contribution < 1.29 is 14.6 Å². The second kappa shape index (κ2) is 7.36. The van der Waals surface area contributed by atoms with Crippen molar-refractivity contribution in [3.05, 3.63) is 42.4 Å². The van der Waals surface area contributed by atoms with Crippen LogP contribution in [-0.4, -0.2) is 32.3 Å². The van der Waals surface area contributed by atoms with Gasteiger partial charge in [0.05, 0.1) is 36.3 Å². The molecule has 4 rings (SSSR count). The van der Waals surface area contributed by atoms with Crippen molar-refractivity contribution >= 4 is 5.97 Å². The number of fused-ring (bicyclic) bond motifs is 3. The standard InChI is InChI=1S/C23H30N2O3/c1-23(2,3)28-22(27)16-10-8-15(9-11-16)21(26)12-19-17-6-4-5-7-18(17)20-13-24-14-25(19)20/h4-7,13-16,19,21,26H,8-12H2,1-3H3. The average molecular weight is 383 g/mol. The number of benzene rings is 1. The first-order valence-electron chi connectivity index (χ1n) is 10.4. The van der Waals surface area contributed by atoms with E-state index < -0.39 is 5.60 Å². The molecule has 0 bridgehead atoms. The molecular formula is C23H30N2O3. The molecule has 1 aliphatic carbocycles. The van der Waals surface area contributed by atoms with Crippen LogP contribution in [0.3, 0.4) is 0 Å². The van der Waals surface area contributed by atoms with Gasteiger partial charge in [0.2, 0.25) is 0 Å². The molecule has 1 fully saturated rings. The number of aliphatic hydroxyl groups excluding tert-OH is 1. The predicted octanol–water partition coefficient (Wildman–Crippen LogP) is 4.35. The van der Waals surface area contributed by atoms with Crippen molar-refractivity contribution in [3.8, 4) is 11.3 Å². The van der Waals surface area contributed by atoms with Crippen LogP contribution in [0.5, 0.6) is 0 Å². The Morgan fingerprint density at radius 1 is 1.25 bits per heavy atom. The van der Waals surface area contributed by atoms with Crippen molar-refractivity contribution in [2.75, 3.05) is 0 Å². The van der Waals surface area contributed by atoms with Crippen LogP contribution in [0.15, 0.2) is 36.8 Å². The van der Waals surface area contributed by atoms with E-state index in [1.165, 1.54) is 11.1 Å². The van der Waals surface area contributed by atoms with Crippen molar-refractivity contribution in [2.24, 2.45) is 11.8 Å². The van der Waals surface area contributed by atoms with Crippen molar-refractivity contribution in [1.29, 1.82) is 0 Å². The highest BCUT2D eigenvalue weighted by Crippen LogP contribution is 2.43. The van der Waals surface area contributed by atoms with Gasteiger partial charge in [0.25, 0.3) is 0 Å². The van der Waals surface area contributed by atoms with E-state index in [2.05, 4.69) is 27.8 Å². The summed E-state index contributed by atoms with van der Waals surface area (Å²) in [6.07, 6.45) is 7.41. The van der Waals surface area contributed by atoms with Gasteiger partial charge in [0.15, 0.2) is 0 Å². The van der Waals surface area contributed by atoms with Gasteiger partial charge in [-0.25, -0.2) is 4.98 Å². The number of aromatic nitrogens is 2. The molecule has 2 aromatic rings. The van der Waals surface area contributed by atoms with E-state index in [0.717, 1.165) is 31.4 Å². The molecule has 0 saturated heterocycles. The summed E-state index contributed by atoms with van der Waals surface area (Å²) >= 11 is 0. The second-order valence-corrected chi connectivity index (χ2v) is 9.24. The largest absolute Gasteiger partial charge is 0.460 e. The van der Waals surface area contributed by atoms with Crippen LogP contribution in [0.1, 0.15) is 64.5 Å². The summed E-state index contributed by atoms with van der Waals surface area (Å²) in [6.45, 7) is 5.72. The third-order valence-electron chi connectivity index (χ3n) is 6.12. The number of ether oxygens (including phenoxy) is 1. The maximum Gasteiger partial charge on any atom is 0.309 e. The Kier molecular flexibility index (Phi) is 5.04. The molecular weight excluding hydrogens is 352 g/mol. The highest BCUT2D eigenvalue weighted by atomic mass is 16.6. The number of rotatable bonds is 4. The Hall–Kier alpha value is -2.14. The zero-order chi connectivity index (χ0) is 19.9. The zero-order valence-corrected chi connectivity index (χ0v) is 17.0. The van der Waals surface area contributed by atoms with Gasteiger partial charge in [-0.3, -0.25) is 4.79 Å². The Morgan fingerprint density at radius 3 is 2.68 bits per heavy atom. The summed E-state index contributed by atoms with van der Waals surface area (Å²) in [5.74, 6) is 0.113. The lowest BCUT2D eigenvalue weighted by Gasteiger charge is -2.33. The fourth-order valence-corrected chi connectivity index (χ4v) is 4.72. The summed E-state index contributed by atoms with van der Waals surface area (Å²) in [6, 6.07) is 8.52. The van der Waals surface area contributed by atoms with Crippen molar-refractivity contribution in [2.45, 2.75) is 70.6 Å². The first kappa shape index (κ1) is 19.2. The number of aliphatic hydroxyl groups is 1. The Morgan fingerprint density at radius 2 is 1.96 bits per heavy atom. The predicted molar refractivity (Wildman–Crippen MR) is 108 cm³/mol. The van der Waals surface area contributed by atoms with Crippen molar-refractivity contribution in [1.82, 2.24) is 9.55 Å². The lowest BCUT2D eigenvalue weighted by Crippen LogP contribution is -2.33. The van der Waals surface area contributed by atoms with Crippen LogP contribution in [0.4, 0.5) is 0 Å². The smallest absolute Gasteiger partial charge is 0.309 e. The van der Waals surface area contributed by atoms with Crippen LogP contribution in [0, 0.1) is 11.8 Å². The van der Waals surface area contributed by atoms with Gasteiger partial charge in [-0.15, -0.1) is 0 Å². The van der Waals surface area contributed by atoms with E-state index >= 15 is 0 Å². The first-order chi connectivity index (χ1) is 13.3. The van der Waals surface area contributed by atoms with Crippen molar-refractivity contribution in [3.63, 3.8) is 0 Å². The molecule has 1 aliphatic heterocycles. The molecule has 0 radical (unpaired) electrons. The van der Waals surface area contributed by atoms with Gasteiger partial charge in [0.1, 0.15) is 5.60 Å². The van der Waals surface area contributed by atoms with Gasteiger partial charge in [-0.05, 0) is 64.4 Å². The third-order valence-corrected chi connectivity index (χ3v) is 6.12. The lowest BCUT2D eigenvalue weighted by atomic mass is 9.77. The number of nitrogens with zero attached hydrogens (tertiary/aromatic N) is 2. The number of hydrogen-bond acceptors (Lipinski definition) is 4. The van der Waals surface area contributed by atoms with E-state index in [4.69, 9.17) is 4.74 Å². The maximum atomic E-state index is 12.3. The molecule has 2 aliphatic rings. The molecule has 0 spiro atoms. The Bertz CT molecular complexity index is 844. The SMILES string of the molecule is CC(C)(C)OC(=O)C1CCC(C(O)CC2c3ccccc3-c3cncn32)CC1. The number of esters is 1. The minimum absolute atomic E-state index is 0.0323. The van der Waals surface area contributed by atoms with E-state index in [0.29, 0.717) is 6.42 Å². The summed E-state index contributed by atoms with van der Waals surface area (Å²) in [5.41, 5.74) is 3.17. The molecule has 1 aromatic carbocycles. The molecule has 150 valence electrons. The lowest BCUT2D eigenvalue weighted by molar-refractivity contribution is -0.161. The Labute approximate surface area is 166 Å². The normalized spacial score (nSPS) is 25.1. The fourth-order valence-electron chi connectivity index (χ4n) is 4.72. The summed E-state index contributed by atoms with van der Waals surface area (Å²) in [5, 5.41) is 11.0. The summed E-state index contributed by atoms with van der Waals surface area (Å²) in [7, 11) is 0. The quantitative estimate of drug-likeness (QED) is 0.799. The number of carbonyl (C=O) groups excluding carboxylic acids is 1.